The van der Waals surface area contributed by atoms with Crippen LogP contribution in [0.3, 0.4) is 0 Å². The number of hydrogen-bond acceptors (Lipinski definition) is 1. The maximum Gasteiger partial charge on any atom is 0.207 e. The van der Waals surface area contributed by atoms with Gasteiger partial charge in [0, 0.05) is 0 Å². The highest BCUT2D eigenvalue weighted by Gasteiger charge is 2.04. The molecule has 0 bridgehead atoms. The van der Waals surface area contributed by atoms with E-state index in [1.165, 1.54) is 11.1 Å². The third kappa shape index (κ3) is 2.96. The molecular formula is C14H19NO. The van der Waals surface area contributed by atoms with Crippen LogP contribution in [0.1, 0.15) is 44.4 Å². The molecule has 0 radical (unpaired) electrons. The van der Waals surface area contributed by atoms with Crippen LogP contribution in [0.5, 0.6) is 0 Å². The molecule has 16 heavy (non-hydrogen) atoms. The molecule has 0 heterocycles. The minimum absolute atomic E-state index is 0.0715. The lowest BCUT2D eigenvalue weighted by molar-refractivity contribution is -0.110. The summed E-state index contributed by atoms with van der Waals surface area (Å²) in [6.07, 6.45) is 3.92. The quantitative estimate of drug-likeness (QED) is 0.753. The van der Waals surface area contributed by atoms with E-state index >= 15 is 0 Å². The zero-order chi connectivity index (χ0) is 12.0. The van der Waals surface area contributed by atoms with Gasteiger partial charge in [-0.2, -0.15) is 0 Å². The van der Waals surface area contributed by atoms with Crippen molar-refractivity contribution >= 4 is 12.0 Å². The summed E-state index contributed by atoms with van der Waals surface area (Å²) in [6.45, 7) is 6.18. The number of carbonyl (C=O) groups is 1. The van der Waals surface area contributed by atoms with Crippen molar-refractivity contribution < 1.29 is 4.79 Å². The summed E-state index contributed by atoms with van der Waals surface area (Å²) in [5.74, 6) is 0. The Balaban J connectivity index is 2.86. The molecule has 1 unspecified atom stereocenters. The van der Waals surface area contributed by atoms with Crippen LogP contribution in [0.4, 0.5) is 0 Å². The molecule has 2 heteroatoms. The van der Waals surface area contributed by atoms with E-state index in [4.69, 9.17) is 0 Å². The Labute approximate surface area is 97.4 Å². The third-order valence-electron chi connectivity index (χ3n) is 2.83. The highest BCUT2D eigenvalue weighted by Crippen LogP contribution is 2.20. The smallest absolute Gasteiger partial charge is 0.207 e. The van der Waals surface area contributed by atoms with E-state index in [-0.39, 0.29) is 6.04 Å². The number of amides is 1. The summed E-state index contributed by atoms with van der Waals surface area (Å²) in [7, 11) is 0. The van der Waals surface area contributed by atoms with Gasteiger partial charge in [-0.1, -0.05) is 37.3 Å². The fraction of sp³-hybridized carbons (Fsp3) is 0.357. The van der Waals surface area contributed by atoms with Crippen LogP contribution in [-0.2, 0) is 4.79 Å². The molecule has 86 valence electrons. The first-order valence-electron chi connectivity index (χ1n) is 5.68. The molecule has 0 aliphatic carbocycles. The van der Waals surface area contributed by atoms with E-state index in [1.807, 2.05) is 6.92 Å². The fourth-order valence-corrected chi connectivity index (χ4v) is 1.76. The second kappa shape index (κ2) is 6.11. The maximum absolute atomic E-state index is 10.3. The number of benzene rings is 1. The van der Waals surface area contributed by atoms with E-state index in [2.05, 4.69) is 49.5 Å². The molecular weight excluding hydrogens is 198 g/mol. The van der Waals surface area contributed by atoms with Crippen LogP contribution in [0, 0.1) is 0 Å². The van der Waals surface area contributed by atoms with Crippen molar-refractivity contribution in [2.24, 2.45) is 0 Å². The summed E-state index contributed by atoms with van der Waals surface area (Å²) in [5, 5.41) is 2.74. The zero-order valence-electron chi connectivity index (χ0n) is 10.2. The fourth-order valence-electron chi connectivity index (χ4n) is 1.76. The Morgan fingerprint density at radius 2 is 2.00 bits per heavy atom. The molecule has 1 aromatic rings. The van der Waals surface area contributed by atoms with Crippen molar-refractivity contribution in [3.63, 3.8) is 0 Å². The highest BCUT2D eigenvalue weighted by atomic mass is 16.1. The van der Waals surface area contributed by atoms with Crippen molar-refractivity contribution in [1.82, 2.24) is 5.32 Å². The second-order valence-corrected chi connectivity index (χ2v) is 3.80. The molecule has 1 aromatic carbocycles. The normalized spacial score (nSPS) is 13.3. The molecule has 2 nitrogen and oxygen atoms in total. The molecule has 1 amide bonds. The monoisotopic (exact) mass is 217 g/mol. The van der Waals surface area contributed by atoms with Gasteiger partial charge in [0.1, 0.15) is 0 Å². The molecule has 1 atom stereocenters. The Morgan fingerprint density at radius 1 is 1.38 bits per heavy atom. The lowest BCUT2D eigenvalue weighted by Crippen LogP contribution is -2.15. The van der Waals surface area contributed by atoms with E-state index in [9.17, 15) is 4.79 Å². The molecule has 0 spiro atoms. The number of hydrogen-bond donors (Lipinski definition) is 1. The lowest BCUT2D eigenvalue weighted by Gasteiger charge is -2.11. The standard InChI is InChI=1S/C14H19NO/c1-4-12(5-2)14-8-6-13(7-9-14)11(3)15-10-16/h4,6-11H,5H2,1-3H3,(H,15,16)/b12-4+. The van der Waals surface area contributed by atoms with Gasteiger partial charge in [-0.25, -0.2) is 0 Å². The van der Waals surface area contributed by atoms with E-state index in [1.54, 1.807) is 0 Å². The average molecular weight is 217 g/mol. The van der Waals surface area contributed by atoms with Gasteiger partial charge in [0.15, 0.2) is 0 Å². The molecule has 0 saturated heterocycles. The average Bonchev–Trinajstić information content (AvgIpc) is 2.32. The van der Waals surface area contributed by atoms with Crippen LogP contribution >= 0.6 is 0 Å². The molecule has 1 rings (SSSR count). The summed E-state index contributed by atoms with van der Waals surface area (Å²) in [6, 6.07) is 8.42. The van der Waals surface area contributed by atoms with Gasteiger partial charge < -0.3 is 5.32 Å². The Morgan fingerprint density at radius 3 is 2.44 bits per heavy atom. The Hall–Kier alpha value is -1.57. The van der Waals surface area contributed by atoms with Gasteiger partial charge >= 0.3 is 0 Å². The van der Waals surface area contributed by atoms with Gasteiger partial charge in [0.25, 0.3) is 0 Å². The summed E-state index contributed by atoms with van der Waals surface area (Å²) < 4.78 is 0. The van der Waals surface area contributed by atoms with Crippen molar-refractivity contribution in [3.05, 3.63) is 41.5 Å². The van der Waals surface area contributed by atoms with Crippen molar-refractivity contribution in [1.29, 1.82) is 0 Å². The van der Waals surface area contributed by atoms with Crippen molar-refractivity contribution in [2.45, 2.75) is 33.2 Å². The number of allylic oxidation sites excluding steroid dienone is 2. The Bertz CT molecular complexity index is 365. The summed E-state index contributed by atoms with van der Waals surface area (Å²) >= 11 is 0. The van der Waals surface area contributed by atoms with E-state index in [0.29, 0.717) is 0 Å². The van der Waals surface area contributed by atoms with Crippen molar-refractivity contribution in [3.8, 4) is 0 Å². The predicted molar refractivity (Wildman–Crippen MR) is 68.0 cm³/mol. The van der Waals surface area contributed by atoms with Crippen molar-refractivity contribution in [2.75, 3.05) is 0 Å². The molecule has 0 aromatic heterocycles. The zero-order valence-corrected chi connectivity index (χ0v) is 10.2. The first kappa shape index (κ1) is 12.5. The Kier molecular flexibility index (Phi) is 4.77. The molecule has 0 saturated carbocycles. The van der Waals surface area contributed by atoms with Crippen LogP contribution in [0.2, 0.25) is 0 Å². The third-order valence-corrected chi connectivity index (χ3v) is 2.83. The lowest BCUT2D eigenvalue weighted by atomic mass is 10.00. The number of nitrogens with one attached hydrogen (secondary N) is 1. The first-order valence-corrected chi connectivity index (χ1v) is 5.68. The van der Waals surface area contributed by atoms with Gasteiger partial charge in [-0.15, -0.1) is 0 Å². The maximum atomic E-state index is 10.3. The minimum atomic E-state index is 0.0715. The van der Waals surface area contributed by atoms with Crippen LogP contribution in [0.25, 0.3) is 5.57 Å². The topological polar surface area (TPSA) is 29.1 Å². The van der Waals surface area contributed by atoms with Gasteiger partial charge in [-0.3, -0.25) is 4.79 Å². The molecule has 0 aliphatic heterocycles. The second-order valence-electron chi connectivity index (χ2n) is 3.80. The van der Waals surface area contributed by atoms with Crippen LogP contribution in [0.15, 0.2) is 30.3 Å². The molecule has 0 fully saturated rings. The van der Waals surface area contributed by atoms with Gasteiger partial charge in [-0.05, 0) is 37.0 Å². The number of rotatable bonds is 5. The largest absolute Gasteiger partial charge is 0.352 e. The van der Waals surface area contributed by atoms with Gasteiger partial charge in [0.05, 0.1) is 6.04 Å². The minimum Gasteiger partial charge on any atom is -0.352 e. The summed E-state index contributed by atoms with van der Waals surface area (Å²) in [4.78, 5) is 10.3. The first-order chi connectivity index (χ1) is 7.72. The SMILES string of the molecule is C/C=C(\CC)c1ccc(C(C)NC=O)cc1. The molecule has 0 aliphatic rings. The van der Waals surface area contributed by atoms with Gasteiger partial charge in [0.2, 0.25) is 6.41 Å². The predicted octanol–water partition coefficient (Wildman–Crippen LogP) is 3.31. The van der Waals surface area contributed by atoms with Crippen LogP contribution in [-0.4, -0.2) is 6.41 Å². The van der Waals surface area contributed by atoms with E-state index < -0.39 is 0 Å². The van der Waals surface area contributed by atoms with Crippen LogP contribution < -0.4 is 5.32 Å². The van der Waals surface area contributed by atoms with E-state index in [0.717, 1.165) is 18.4 Å². The number of carbonyl (C=O) groups excluding carboxylic acids is 1. The summed E-state index contributed by atoms with van der Waals surface area (Å²) in [5.41, 5.74) is 3.73. The highest BCUT2D eigenvalue weighted by molar-refractivity contribution is 5.65. The molecule has 1 N–H and O–H groups in total.